The summed E-state index contributed by atoms with van der Waals surface area (Å²) in [6, 6.07) is 17.7. The van der Waals surface area contributed by atoms with Gasteiger partial charge in [0.25, 0.3) is 5.91 Å². The largest absolute Gasteiger partial charge is 0.497 e. The summed E-state index contributed by atoms with van der Waals surface area (Å²) < 4.78 is 24.1. The van der Waals surface area contributed by atoms with E-state index in [-0.39, 0.29) is 23.6 Å². The Bertz CT molecular complexity index is 1580. The van der Waals surface area contributed by atoms with E-state index in [1.165, 1.54) is 0 Å². The second-order valence-corrected chi connectivity index (χ2v) is 10.6. The van der Waals surface area contributed by atoms with Crippen LogP contribution in [0.5, 0.6) is 17.2 Å². The fraction of sp³-hybridized carbons (Fsp3) is 0.312. The summed E-state index contributed by atoms with van der Waals surface area (Å²) in [6.07, 6.45) is 3.14. The Labute approximate surface area is 241 Å². The average molecular weight is 607 g/mol. The summed E-state index contributed by atoms with van der Waals surface area (Å²) in [5.41, 5.74) is 2.10. The van der Waals surface area contributed by atoms with Crippen molar-refractivity contribution >= 4 is 32.8 Å². The monoisotopic (exact) mass is 605 g/mol. The zero-order chi connectivity index (χ0) is 28.2. The van der Waals surface area contributed by atoms with E-state index >= 15 is 0 Å². The number of fused-ring (bicyclic) bond motifs is 2. The van der Waals surface area contributed by atoms with Crippen molar-refractivity contribution in [2.45, 2.75) is 45.7 Å². The van der Waals surface area contributed by atoms with Gasteiger partial charge in [0, 0.05) is 11.0 Å². The zero-order valence-corrected chi connectivity index (χ0v) is 24.5. The SMILES string of the molecule is CCCCCOc1ccc(C2c3c(oc4ccc(Br)cc4c3=O)C(=O)N2Cc2ccc(OC)cc2)cc1OCC. The molecule has 5 rings (SSSR count). The number of unbranched alkanes of at least 4 members (excludes halogenated alkanes) is 2. The van der Waals surface area contributed by atoms with Crippen LogP contribution in [0.3, 0.4) is 0 Å². The second kappa shape index (κ2) is 12.2. The van der Waals surface area contributed by atoms with E-state index in [0.29, 0.717) is 41.2 Å². The van der Waals surface area contributed by atoms with Crippen LogP contribution in [-0.4, -0.2) is 31.1 Å². The van der Waals surface area contributed by atoms with Gasteiger partial charge in [0.1, 0.15) is 11.3 Å². The zero-order valence-electron chi connectivity index (χ0n) is 22.9. The predicted molar refractivity (Wildman–Crippen MR) is 158 cm³/mol. The molecule has 40 heavy (non-hydrogen) atoms. The molecule has 1 unspecified atom stereocenters. The van der Waals surface area contributed by atoms with Gasteiger partial charge in [0.15, 0.2) is 16.9 Å². The third-order valence-electron chi connectivity index (χ3n) is 7.03. The van der Waals surface area contributed by atoms with Crippen LogP contribution in [0.2, 0.25) is 0 Å². The molecule has 1 aliphatic rings. The van der Waals surface area contributed by atoms with E-state index in [0.717, 1.165) is 40.6 Å². The standard InChI is InChI=1S/C32H32BrNO6/c1-4-6-7-16-39-26-14-10-21(17-27(26)38-5-2)29-28-30(35)24-18-22(33)11-15-25(24)40-31(28)32(36)34(29)19-20-8-12-23(37-3)13-9-20/h8-15,17-18,29H,4-7,16,19H2,1-3H3. The van der Waals surface area contributed by atoms with E-state index in [1.54, 1.807) is 30.2 Å². The highest BCUT2D eigenvalue weighted by atomic mass is 79.9. The smallest absolute Gasteiger partial charge is 0.291 e. The van der Waals surface area contributed by atoms with Gasteiger partial charge in [-0.25, -0.2) is 0 Å². The van der Waals surface area contributed by atoms with E-state index in [1.807, 2.05) is 49.4 Å². The molecule has 0 N–H and O–H groups in total. The third-order valence-corrected chi connectivity index (χ3v) is 7.52. The highest BCUT2D eigenvalue weighted by Crippen LogP contribution is 2.42. The molecule has 0 saturated carbocycles. The van der Waals surface area contributed by atoms with Crippen LogP contribution in [0.1, 0.15) is 66.4 Å². The molecule has 0 bridgehead atoms. The molecule has 1 atom stereocenters. The van der Waals surface area contributed by atoms with Gasteiger partial charge < -0.3 is 23.5 Å². The Morgan fingerprint density at radius 3 is 2.45 bits per heavy atom. The molecular weight excluding hydrogens is 574 g/mol. The minimum absolute atomic E-state index is 0.0659. The van der Waals surface area contributed by atoms with Crippen molar-refractivity contribution in [2.75, 3.05) is 20.3 Å². The number of hydrogen-bond acceptors (Lipinski definition) is 6. The van der Waals surface area contributed by atoms with E-state index < -0.39 is 6.04 Å². The fourth-order valence-corrected chi connectivity index (χ4v) is 5.41. The van der Waals surface area contributed by atoms with Crippen molar-refractivity contribution in [1.82, 2.24) is 4.90 Å². The van der Waals surface area contributed by atoms with E-state index in [2.05, 4.69) is 22.9 Å². The number of amides is 1. The van der Waals surface area contributed by atoms with Gasteiger partial charge in [-0.2, -0.15) is 0 Å². The highest BCUT2D eigenvalue weighted by molar-refractivity contribution is 9.10. The maximum Gasteiger partial charge on any atom is 0.291 e. The van der Waals surface area contributed by atoms with Crippen LogP contribution in [-0.2, 0) is 6.54 Å². The molecule has 208 valence electrons. The Morgan fingerprint density at radius 1 is 0.925 bits per heavy atom. The summed E-state index contributed by atoms with van der Waals surface area (Å²) in [5.74, 6) is 1.67. The lowest BCUT2D eigenvalue weighted by atomic mass is 9.97. The first-order valence-electron chi connectivity index (χ1n) is 13.5. The van der Waals surface area contributed by atoms with Gasteiger partial charge in [0.2, 0.25) is 5.76 Å². The van der Waals surface area contributed by atoms with Crippen molar-refractivity contribution in [3.05, 3.63) is 97.8 Å². The minimum Gasteiger partial charge on any atom is -0.497 e. The van der Waals surface area contributed by atoms with Crippen molar-refractivity contribution in [3.8, 4) is 17.2 Å². The Balaban J connectivity index is 1.62. The molecule has 0 saturated heterocycles. The van der Waals surface area contributed by atoms with Crippen molar-refractivity contribution < 1.29 is 23.4 Å². The molecule has 2 heterocycles. The molecule has 1 aromatic heterocycles. The predicted octanol–water partition coefficient (Wildman–Crippen LogP) is 7.28. The van der Waals surface area contributed by atoms with Crippen molar-refractivity contribution in [1.29, 1.82) is 0 Å². The minimum atomic E-state index is -0.669. The van der Waals surface area contributed by atoms with Gasteiger partial charge in [-0.1, -0.05) is 53.9 Å². The number of benzene rings is 3. The molecule has 1 aliphatic heterocycles. The number of nitrogens with zero attached hydrogens (tertiary/aromatic N) is 1. The summed E-state index contributed by atoms with van der Waals surface area (Å²) in [4.78, 5) is 29.5. The number of hydrogen-bond donors (Lipinski definition) is 0. The topological polar surface area (TPSA) is 78.2 Å². The molecule has 0 fully saturated rings. The molecule has 4 aromatic rings. The Hall–Kier alpha value is -3.78. The normalized spacial score (nSPS) is 14.4. The van der Waals surface area contributed by atoms with Gasteiger partial charge in [-0.15, -0.1) is 0 Å². The Kier molecular flexibility index (Phi) is 8.45. The molecule has 1 amide bonds. The first kappa shape index (κ1) is 27.8. The van der Waals surface area contributed by atoms with Crippen LogP contribution in [0.25, 0.3) is 11.0 Å². The second-order valence-electron chi connectivity index (χ2n) is 9.69. The highest BCUT2D eigenvalue weighted by Gasteiger charge is 2.43. The van der Waals surface area contributed by atoms with Crippen molar-refractivity contribution in [2.24, 2.45) is 0 Å². The van der Waals surface area contributed by atoms with Gasteiger partial charge in [-0.05, 0) is 66.9 Å². The number of methoxy groups -OCH3 is 1. The summed E-state index contributed by atoms with van der Waals surface area (Å²) in [6.45, 7) is 5.38. The van der Waals surface area contributed by atoms with Gasteiger partial charge in [0.05, 0.1) is 37.3 Å². The molecule has 0 radical (unpaired) electrons. The quantitative estimate of drug-likeness (QED) is 0.167. The van der Waals surface area contributed by atoms with Crippen LogP contribution < -0.4 is 19.6 Å². The van der Waals surface area contributed by atoms with E-state index in [9.17, 15) is 9.59 Å². The summed E-state index contributed by atoms with van der Waals surface area (Å²) >= 11 is 3.45. The third kappa shape index (κ3) is 5.45. The van der Waals surface area contributed by atoms with Crippen LogP contribution in [0.15, 0.2) is 74.3 Å². The number of carbonyl (C=O) groups excluding carboxylic acids is 1. The van der Waals surface area contributed by atoms with E-state index in [4.69, 9.17) is 18.6 Å². The fourth-order valence-electron chi connectivity index (χ4n) is 5.05. The van der Waals surface area contributed by atoms with Gasteiger partial charge >= 0.3 is 0 Å². The Morgan fingerprint density at radius 2 is 1.73 bits per heavy atom. The van der Waals surface area contributed by atoms with Gasteiger partial charge in [-0.3, -0.25) is 9.59 Å². The maximum atomic E-state index is 13.9. The number of rotatable bonds is 11. The summed E-state index contributed by atoms with van der Waals surface area (Å²) in [7, 11) is 1.61. The molecule has 0 aliphatic carbocycles. The first-order valence-corrected chi connectivity index (χ1v) is 14.3. The molecule has 3 aromatic carbocycles. The number of halogens is 1. The number of carbonyl (C=O) groups is 1. The lowest BCUT2D eigenvalue weighted by molar-refractivity contribution is 0.0714. The molecule has 0 spiro atoms. The average Bonchev–Trinajstić information content (AvgIpc) is 3.24. The van der Waals surface area contributed by atoms with Crippen LogP contribution in [0.4, 0.5) is 0 Å². The molecular formula is C32H32BrNO6. The maximum absolute atomic E-state index is 13.9. The lowest BCUT2D eigenvalue weighted by Gasteiger charge is -2.26. The molecule has 8 heteroatoms. The van der Waals surface area contributed by atoms with Crippen LogP contribution in [0, 0.1) is 0 Å². The molecule has 7 nitrogen and oxygen atoms in total. The van der Waals surface area contributed by atoms with Crippen molar-refractivity contribution in [3.63, 3.8) is 0 Å². The first-order chi connectivity index (χ1) is 19.4. The number of ether oxygens (including phenoxy) is 3. The lowest BCUT2D eigenvalue weighted by Crippen LogP contribution is -2.29. The van der Waals surface area contributed by atoms with Crippen LogP contribution >= 0.6 is 15.9 Å². The summed E-state index contributed by atoms with van der Waals surface area (Å²) in [5, 5.41) is 0.415.